The smallest absolute Gasteiger partial charge is 0.338 e. The molecule has 0 aromatic heterocycles. The van der Waals surface area contributed by atoms with E-state index in [4.69, 9.17) is 10.5 Å². The molecular weight excluding hydrogens is 270 g/mol. The van der Waals surface area contributed by atoms with Crippen LogP contribution in [0.1, 0.15) is 31.1 Å². The third-order valence-electron chi connectivity index (χ3n) is 2.46. The summed E-state index contributed by atoms with van der Waals surface area (Å²) in [6.07, 6.45) is -0.0997. The average Bonchev–Trinajstić information content (AvgIpc) is 2.21. The number of rotatable bonds is 3. The molecule has 1 aromatic rings. The van der Waals surface area contributed by atoms with E-state index in [1.165, 1.54) is 0 Å². The topological polar surface area (TPSA) is 52.3 Å². The molecule has 1 atom stereocenters. The van der Waals surface area contributed by atoms with E-state index in [0.717, 1.165) is 4.47 Å². The van der Waals surface area contributed by atoms with Crippen molar-refractivity contribution in [3.05, 3.63) is 28.2 Å². The van der Waals surface area contributed by atoms with Crippen molar-refractivity contribution >= 4 is 27.6 Å². The highest BCUT2D eigenvalue weighted by Gasteiger charge is 2.15. The lowest BCUT2D eigenvalue weighted by Gasteiger charge is -2.16. The first-order valence-corrected chi connectivity index (χ1v) is 5.97. The minimum Gasteiger partial charge on any atom is -0.459 e. The highest BCUT2D eigenvalue weighted by Crippen LogP contribution is 2.21. The Balaban J connectivity index is 2.77. The molecule has 0 aliphatic heterocycles. The van der Waals surface area contributed by atoms with Gasteiger partial charge in [-0.1, -0.05) is 13.8 Å². The number of nitrogens with two attached hydrogens (primary N) is 1. The van der Waals surface area contributed by atoms with Crippen LogP contribution in [0.5, 0.6) is 0 Å². The molecule has 0 heterocycles. The predicted molar refractivity (Wildman–Crippen MR) is 68.3 cm³/mol. The zero-order chi connectivity index (χ0) is 12.3. The van der Waals surface area contributed by atoms with Crippen LogP contribution < -0.4 is 5.73 Å². The summed E-state index contributed by atoms with van der Waals surface area (Å²) >= 11 is 3.28. The van der Waals surface area contributed by atoms with E-state index in [2.05, 4.69) is 15.9 Å². The molecule has 1 unspecified atom stereocenters. The standard InChI is InChI=1S/C12H16BrNO2/c1-7(2)8(3)16-12(15)9-4-5-10(13)11(14)6-9/h4-8H,14H2,1-3H3. The first-order valence-electron chi connectivity index (χ1n) is 5.18. The highest BCUT2D eigenvalue weighted by molar-refractivity contribution is 9.10. The Morgan fingerprint density at radius 3 is 2.50 bits per heavy atom. The largest absolute Gasteiger partial charge is 0.459 e. The minimum atomic E-state index is -0.333. The monoisotopic (exact) mass is 285 g/mol. The van der Waals surface area contributed by atoms with Crippen molar-refractivity contribution in [2.24, 2.45) is 5.92 Å². The number of carbonyl (C=O) groups is 1. The molecule has 0 aliphatic rings. The summed E-state index contributed by atoms with van der Waals surface area (Å²) in [5, 5.41) is 0. The summed E-state index contributed by atoms with van der Waals surface area (Å²) in [5.74, 6) is -0.0304. The van der Waals surface area contributed by atoms with Gasteiger partial charge in [0.25, 0.3) is 0 Å². The molecule has 0 amide bonds. The Labute approximate surface area is 104 Å². The minimum absolute atomic E-state index is 0.0997. The van der Waals surface area contributed by atoms with Gasteiger partial charge in [-0.25, -0.2) is 4.79 Å². The first-order chi connectivity index (χ1) is 7.41. The Hall–Kier alpha value is -1.03. The van der Waals surface area contributed by atoms with E-state index in [9.17, 15) is 4.79 Å². The summed E-state index contributed by atoms with van der Waals surface area (Å²) in [5.41, 5.74) is 6.71. The number of hydrogen-bond donors (Lipinski definition) is 1. The maximum atomic E-state index is 11.7. The van der Waals surface area contributed by atoms with Crippen molar-refractivity contribution in [2.75, 3.05) is 5.73 Å². The van der Waals surface area contributed by atoms with Crippen LogP contribution in [0.2, 0.25) is 0 Å². The van der Waals surface area contributed by atoms with Gasteiger partial charge in [0.05, 0.1) is 5.56 Å². The highest BCUT2D eigenvalue weighted by atomic mass is 79.9. The van der Waals surface area contributed by atoms with E-state index in [-0.39, 0.29) is 12.1 Å². The number of nitrogen functional groups attached to an aromatic ring is 1. The van der Waals surface area contributed by atoms with Crippen LogP contribution >= 0.6 is 15.9 Å². The van der Waals surface area contributed by atoms with Gasteiger partial charge in [-0.3, -0.25) is 0 Å². The van der Waals surface area contributed by atoms with Crippen LogP contribution in [0.3, 0.4) is 0 Å². The lowest BCUT2D eigenvalue weighted by Crippen LogP contribution is -2.20. The Morgan fingerprint density at radius 2 is 2.00 bits per heavy atom. The van der Waals surface area contributed by atoms with Gasteiger partial charge in [-0.2, -0.15) is 0 Å². The third-order valence-corrected chi connectivity index (χ3v) is 3.19. The van der Waals surface area contributed by atoms with E-state index in [1.807, 2.05) is 20.8 Å². The zero-order valence-corrected chi connectivity index (χ0v) is 11.2. The summed E-state index contributed by atoms with van der Waals surface area (Å²) < 4.78 is 6.06. The third kappa shape index (κ3) is 3.23. The van der Waals surface area contributed by atoms with Crippen LogP contribution in [0, 0.1) is 5.92 Å². The van der Waals surface area contributed by atoms with Crippen molar-refractivity contribution in [1.82, 2.24) is 0 Å². The molecule has 0 saturated heterocycles. The molecule has 1 rings (SSSR count). The lowest BCUT2D eigenvalue weighted by atomic mass is 10.1. The fourth-order valence-corrected chi connectivity index (χ4v) is 1.29. The summed E-state index contributed by atoms with van der Waals surface area (Å²) in [4.78, 5) is 11.7. The van der Waals surface area contributed by atoms with Crippen molar-refractivity contribution in [2.45, 2.75) is 26.9 Å². The van der Waals surface area contributed by atoms with Gasteiger partial charge in [-0.15, -0.1) is 0 Å². The molecular formula is C12H16BrNO2. The molecule has 88 valence electrons. The molecule has 0 fully saturated rings. The van der Waals surface area contributed by atoms with E-state index < -0.39 is 0 Å². The number of ether oxygens (including phenoxy) is 1. The normalized spacial score (nSPS) is 12.6. The Bertz CT molecular complexity index is 391. The van der Waals surface area contributed by atoms with E-state index in [1.54, 1.807) is 18.2 Å². The number of esters is 1. The Kier molecular flexibility index (Phi) is 4.35. The lowest BCUT2D eigenvalue weighted by molar-refractivity contribution is 0.0238. The van der Waals surface area contributed by atoms with E-state index in [0.29, 0.717) is 17.2 Å². The second-order valence-corrected chi connectivity index (χ2v) is 4.95. The number of hydrogen-bond acceptors (Lipinski definition) is 3. The molecule has 3 nitrogen and oxygen atoms in total. The van der Waals surface area contributed by atoms with Gasteiger partial charge in [0.1, 0.15) is 6.10 Å². The van der Waals surface area contributed by atoms with Crippen LogP contribution in [-0.4, -0.2) is 12.1 Å². The number of benzene rings is 1. The summed E-state index contributed by atoms with van der Waals surface area (Å²) in [6, 6.07) is 5.04. The molecule has 0 aliphatic carbocycles. The molecule has 16 heavy (non-hydrogen) atoms. The zero-order valence-electron chi connectivity index (χ0n) is 9.66. The SMILES string of the molecule is CC(C)C(C)OC(=O)c1ccc(Br)c(N)c1. The van der Waals surface area contributed by atoms with Crippen molar-refractivity contribution in [1.29, 1.82) is 0 Å². The molecule has 0 saturated carbocycles. The second-order valence-electron chi connectivity index (χ2n) is 4.09. The van der Waals surface area contributed by atoms with Gasteiger partial charge in [0.15, 0.2) is 0 Å². The van der Waals surface area contributed by atoms with Crippen molar-refractivity contribution < 1.29 is 9.53 Å². The van der Waals surface area contributed by atoms with Gasteiger partial charge >= 0.3 is 5.97 Å². The van der Waals surface area contributed by atoms with E-state index >= 15 is 0 Å². The maximum absolute atomic E-state index is 11.7. The van der Waals surface area contributed by atoms with Gasteiger partial charge in [-0.05, 0) is 47.0 Å². The number of halogens is 1. The van der Waals surface area contributed by atoms with Crippen LogP contribution in [0.15, 0.2) is 22.7 Å². The van der Waals surface area contributed by atoms with Crippen molar-refractivity contribution in [3.63, 3.8) is 0 Å². The summed E-state index contributed by atoms with van der Waals surface area (Å²) in [7, 11) is 0. The fourth-order valence-electron chi connectivity index (χ4n) is 1.04. The summed E-state index contributed by atoms with van der Waals surface area (Å²) in [6.45, 7) is 5.90. The van der Waals surface area contributed by atoms with Gasteiger partial charge in [0, 0.05) is 10.2 Å². The molecule has 0 radical (unpaired) electrons. The van der Waals surface area contributed by atoms with Crippen molar-refractivity contribution in [3.8, 4) is 0 Å². The second kappa shape index (κ2) is 5.34. The van der Waals surface area contributed by atoms with Gasteiger partial charge in [0.2, 0.25) is 0 Å². The average molecular weight is 286 g/mol. The fraction of sp³-hybridized carbons (Fsp3) is 0.417. The number of anilines is 1. The van der Waals surface area contributed by atoms with Crippen LogP contribution in [0.25, 0.3) is 0 Å². The predicted octanol–water partition coefficient (Wildman–Crippen LogP) is 3.23. The maximum Gasteiger partial charge on any atom is 0.338 e. The molecule has 1 aromatic carbocycles. The first kappa shape index (κ1) is 13.0. The van der Waals surface area contributed by atoms with Crippen LogP contribution in [0.4, 0.5) is 5.69 Å². The molecule has 4 heteroatoms. The molecule has 0 bridgehead atoms. The quantitative estimate of drug-likeness (QED) is 0.685. The number of carbonyl (C=O) groups excluding carboxylic acids is 1. The molecule has 0 spiro atoms. The molecule has 2 N–H and O–H groups in total. The Morgan fingerprint density at radius 1 is 1.38 bits per heavy atom. The van der Waals surface area contributed by atoms with Gasteiger partial charge < -0.3 is 10.5 Å². The van der Waals surface area contributed by atoms with Crippen LogP contribution in [-0.2, 0) is 4.74 Å².